The van der Waals surface area contributed by atoms with Crippen molar-refractivity contribution in [3.8, 4) is 5.75 Å². The third-order valence-electron chi connectivity index (χ3n) is 3.28. The van der Waals surface area contributed by atoms with Crippen LogP contribution in [0.1, 0.15) is 23.6 Å². The van der Waals surface area contributed by atoms with E-state index in [0.29, 0.717) is 23.5 Å². The Morgan fingerprint density at radius 2 is 1.57 bits per heavy atom. The van der Waals surface area contributed by atoms with E-state index in [2.05, 4.69) is 4.98 Å². The van der Waals surface area contributed by atoms with Gasteiger partial charge in [0.2, 0.25) is 0 Å². The number of hydrogen-bond donors (Lipinski definition) is 2. The van der Waals surface area contributed by atoms with Crippen LogP contribution in [0.4, 0.5) is 0 Å². The van der Waals surface area contributed by atoms with Crippen molar-refractivity contribution in [2.75, 3.05) is 13.2 Å². The Hall–Kier alpha value is -1.99. The van der Waals surface area contributed by atoms with Gasteiger partial charge in [-0.3, -0.25) is 9.82 Å². The molecule has 3 rings (SSSR count). The predicted molar refractivity (Wildman–Crippen MR) is 73.9 cm³/mol. The van der Waals surface area contributed by atoms with E-state index < -0.39 is 12.5 Å². The van der Waals surface area contributed by atoms with Gasteiger partial charge in [-0.15, -0.1) is 5.06 Å². The molecule has 2 atom stereocenters. The zero-order valence-corrected chi connectivity index (χ0v) is 11.3. The summed E-state index contributed by atoms with van der Waals surface area (Å²) in [4.78, 5) is 9.32. The van der Waals surface area contributed by atoms with Crippen LogP contribution in [0.15, 0.2) is 48.8 Å². The van der Waals surface area contributed by atoms with Gasteiger partial charge in [0.05, 0.1) is 0 Å². The summed E-state index contributed by atoms with van der Waals surface area (Å²) in [7, 11) is 0. The maximum atomic E-state index is 10.1. The van der Waals surface area contributed by atoms with Crippen LogP contribution >= 0.6 is 0 Å². The second-order valence-electron chi connectivity index (χ2n) is 4.60. The minimum Gasteiger partial charge on any atom is -0.491 e. The number of benzene rings is 1. The quantitative estimate of drug-likeness (QED) is 0.810. The zero-order chi connectivity index (χ0) is 14.7. The number of aromatic nitrogens is 1. The molecule has 1 aliphatic rings. The van der Waals surface area contributed by atoms with Gasteiger partial charge in [-0.25, -0.2) is 0 Å². The fourth-order valence-corrected chi connectivity index (χ4v) is 2.27. The number of nitrogens with zero attached hydrogens (tertiary/aromatic N) is 2. The number of pyridine rings is 1. The largest absolute Gasteiger partial charge is 0.491 e. The van der Waals surface area contributed by atoms with Crippen LogP contribution in [-0.2, 0) is 4.84 Å². The highest BCUT2D eigenvalue weighted by molar-refractivity contribution is 5.33. The van der Waals surface area contributed by atoms with Crippen LogP contribution in [0.5, 0.6) is 5.75 Å². The molecule has 1 aromatic heterocycles. The molecule has 21 heavy (non-hydrogen) atoms. The first-order valence-corrected chi connectivity index (χ1v) is 6.66. The molecule has 0 radical (unpaired) electrons. The molecule has 1 aliphatic heterocycles. The number of hydroxylamine groups is 2. The smallest absolute Gasteiger partial charge is 0.159 e. The number of aliphatic hydroxyl groups excluding tert-OH is 2. The number of fused-ring (bicyclic) bond motifs is 1. The lowest BCUT2D eigenvalue weighted by Crippen LogP contribution is -2.28. The van der Waals surface area contributed by atoms with Crippen molar-refractivity contribution in [1.82, 2.24) is 10.0 Å². The topological polar surface area (TPSA) is 75.1 Å². The number of ether oxygens (including phenoxy) is 1. The molecule has 0 spiro atoms. The molecule has 1 aromatic carbocycles. The van der Waals surface area contributed by atoms with E-state index in [9.17, 15) is 10.2 Å². The molecule has 0 aliphatic carbocycles. The summed E-state index contributed by atoms with van der Waals surface area (Å²) in [6.07, 6.45) is 1.33. The highest BCUT2D eigenvalue weighted by Gasteiger charge is 2.37. The normalized spacial score (nSPS) is 21.2. The Balaban J connectivity index is 1.53. The Labute approximate surface area is 122 Å². The van der Waals surface area contributed by atoms with Crippen molar-refractivity contribution >= 4 is 0 Å². The molecule has 2 heterocycles. The Kier molecular flexibility index (Phi) is 4.12. The second-order valence-corrected chi connectivity index (χ2v) is 4.60. The van der Waals surface area contributed by atoms with Gasteiger partial charge in [-0.05, 0) is 12.1 Å². The second kappa shape index (κ2) is 6.19. The summed E-state index contributed by atoms with van der Waals surface area (Å²) in [5.74, 6) is 0.694. The number of rotatable bonds is 5. The third-order valence-corrected chi connectivity index (χ3v) is 3.28. The molecule has 2 N–H and O–H groups in total. The molecule has 0 saturated carbocycles. The molecule has 0 saturated heterocycles. The first-order valence-electron chi connectivity index (χ1n) is 6.66. The van der Waals surface area contributed by atoms with Crippen LogP contribution in [0.2, 0.25) is 0 Å². The van der Waals surface area contributed by atoms with Crippen molar-refractivity contribution < 1.29 is 19.8 Å². The Bertz CT molecular complexity index is 564. The molecule has 2 aromatic rings. The third kappa shape index (κ3) is 2.88. The van der Waals surface area contributed by atoms with Gasteiger partial charge < -0.3 is 14.9 Å². The van der Waals surface area contributed by atoms with Crippen molar-refractivity contribution in [3.05, 3.63) is 59.9 Å². The Morgan fingerprint density at radius 1 is 0.952 bits per heavy atom. The van der Waals surface area contributed by atoms with Crippen LogP contribution in [0.3, 0.4) is 0 Å². The van der Waals surface area contributed by atoms with E-state index in [0.717, 1.165) is 0 Å². The lowest BCUT2D eigenvalue weighted by atomic mass is 10.1. The molecular formula is C15H16N2O4. The molecule has 6 heteroatoms. The minimum absolute atomic E-state index is 0.213. The van der Waals surface area contributed by atoms with E-state index in [1.807, 2.05) is 12.1 Å². The molecule has 0 fully saturated rings. The SMILES string of the molecule is OC1c2ccccc2C(O)N1OCCOc1ccncc1. The van der Waals surface area contributed by atoms with Crippen molar-refractivity contribution in [2.24, 2.45) is 0 Å². The molecule has 2 unspecified atom stereocenters. The lowest BCUT2D eigenvalue weighted by Gasteiger charge is -2.23. The van der Waals surface area contributed by atoms with Gasteiger partial charge in [0.15, 0.2) is 12.5 Å². The van der Waals surface area contributed by atoms with Crippen molar-refractivity contribution in [1.29, 1.82) is 0 Å². The van der Waals surface area contributed by atoms with Gasteiger partial charge in [0, 0.05) is 23.5 Å². The van der Waals surface area contributed by atoms with Crippen LogP contribution in [0.25, 0.3) is 0 Å². The average molecular weight is 288 g/mol. The average Bonchev–Trinajstić information content (AvgIpc) is 2.77. The molecule has 6 nitrogen and oxygen atoms in total. The van der Waals surface area contributed by atoms with Gasteiger partial charge in [-0.2, -0.15) is 0 Å². The summed E-state index contributed by atoms with van der Waals surface area (Å²) < 4.78 is 5.46. The summed E-state index contributed by atoms with van der Waals surface area (Å²) in [5, 5.41) is 21.4. The monoisotopic (exact) mass is 288 g/mol. The van der Waals surface area contributed by atoms with Gasteiger partial charge in [0.1, 0.15) is 19.0 Å². The zero-order valence-electron chi connectivity index (χ0n) is 11.3. The van der Waals surface area contributed by atoms with Crippen LogP contribution in [-0.4, -0.2) is 33.5 Å². The summed E-state index contributed by atoms with van der Waals surface area (Å²) >= 11 is 0. The number of hydrogen-bond acceptors (Lipinski definition) is 6. The highest BCUT2D eigenvalue weighted by Crippen LogP contribution is 2.38. The summed E-state index contributed by atoms with van der Waals surface area (Å²) in [5.41, 5.74) is 1.31. The summed E-state index contributed by atoms with van der Waals surface area (Å²) in [6.45, 7) is 0.515. The van der Waals surface area contributed by atoms with Crippen LogP contribution in [0, 0.1) is 0 Å². The van der Waals surface area contributed by atoms with E-state index in [1.165, 1.54) is 5.06 Å². The molecule has 0 bridgehead atoms. The van der Waals surface area contributed by atoms with E-state index in [1.54, 1.807) is 36.7 Å². The van der Waals surface area contributed by atoms with Crippen molar-refractivity contribution in [3.63, 3.8) is 0 Å². The van der Waals surface area contributed by atoms with E-state index in [4.69, 9.17) is 9.57 Å². The van der Waals surface area contributed by atoms with Gasteiger partial charge >= 0.3 is 0 Å². The highest BCUT2D eigenvalue weighted by atomic mass is 16.7. The van der Waals surface area contributed by atoms with Crippen LogP contribution < -0.4 is 4.74 Å². The molecule has 110 valence electrons. The van der Waals surface area contributed by atoms with E-state index in [-0.39, 0.29) is 6.61 Å². The fraction of sp³-hybridized carbons (Fsp3) is 0.267. The minimum atomic E-state index is -0.975. The van der Waals surface area contributed by atoms with Crippen molar-refractivity contribution in [2.45, 2.75) is 12.5 Å². The van der Waals surface area contributed by atoms with Gasteiger partial charge in [-0.1, -0.05) is 24.3 Å². The summed E-state index contributed by atoms with van der Waals surface area (Å²) in [6, 6.07) is 10.6. The Morgan fingerprint density at radius 3 is 2.19 bits per heavy atom. The van der Waals surface area contributed by atoms with E-state index >= 15 is 0 Å². The lowest BCUT2D eigenvalue weighted by molar-refractivity contribution is -0.297. The predicted octanol–water partition coefficient (Wildman–Crippen LogP) is 1.39. The number of aliphatic hydroxyl groups is 2. The molecule has 0 amide bonds. The maximum absolute atomic E-state index is 10.1. The first kappa shape index (κ1) is 14.0. The first-order chi connectivity index (χ1) is 10.3. The fourth-order valence-electron chi connectivity index (χ4n) is 2.27. The molecular weight excluding hydrogens is 272 g/mol. The standard InChI is InChI=1S/C15H16N2O4/c18-14-12-3-1-2-4-13(12)15(19)17(14)21-10-9-20-11-5-7-16-8-6-11/h1-8,14-15,18-19H,9-10H2. The maximum Gasteiger partial charge on any atom is 0.159 e. The van der Waals surface area contributed by atoms with Gasteiger partial charge in [0.25, 0.3) is 0 Å².